The van der Waals surface area contributed by atoms with Gasteiger partial charge in [-0.25, -0.2) is 0 Å². The van der Waals surface area contributed by atoms with Gasteiger partial charge in [0.1, 0.15) is 0 Å². The van der Waals surface area contributed by atoms with Crippen molar-refractivity contribution >= 4 is 18.3 Å². The summed E-state index contributed by atoms with van der Waals surface area (Å²) in [4.78, 5) is 11.3. The Hall–Kier alpha value is -1.46. The smallest absolute Gasteiger partial charge is 0.236 e. The van der Waals surface area contributed by atoms with E-state index in [9.17, 15) is 4.79 Å². The molecular weight excluding hydrogens is 268 g/mol. The van der Waals surface area contributed by atoms with E-state index in [0.29, 0.717) is 18.0 Å². The van der Waals surface area contributed by atoms with Crippen molar-refractivity contribution < 1.29 is 14.3 Å². The lowest BCUT2D eigenvalue weighted by molar-refractivity contribution is -0.121. The zero-order chi connectivity index (χ0) is 13.5. The van der Waals surface area contributed by atoms with Gasteiger partial charge in [-0.1, -0.05) is 6.07 Å². The van der Waals surface area contributed by atoms with Crippen molar-refractivity contribution in [1.82, 2.24) is 5.32 Å². The van der Waals surface area contributed by atoms with Crippen LogP contribution in [0.4, 0.5) is 0 Å². The summed E-state index contributed by atoms with van der Waals surface area (Å²) in [7, 11) is 3.19. The Labute approximate surface area is 119 Å². The van der Waals surface area contributed by atoms with Crippen LogP contribution in [0.5, 0.6) is 11.5 Å². The van der Waals surface area contributed by atoms with Gasteiger partial charge in [-0.2, -0.15) is 0 Å². The van der Waals surface area contributed by atoms with Crippen LogP contribution in [0.1, 0.15) is 12.5 Å². The van der Waals surface area contributed by atoms with Crippen LogP contribution in [0.2, 0.25) is 0 Å². The van der Waals surface area contributed by atoms with E-state index in [1.807, 2.05) is 18.2 Å². The van der Waals surface area contributed by atoms with E-state index in [1.165, 1.54) is 0 Å². The molecule has 0 saturated carbocycles. The third-order valence-corrected chi connectivity index (χ3v) is 2.57. The number of hydrogen-bond donors (Lipinski definition) is 2. The minimum atomic E-state index is -0.476. The fraction of sp³-hybridized carbons (Fsp3) is 0.462. The zero-order valence-corrected chi connectivity index (χ0v) is 12.3. The van der Waals surface area contributed by atoms with E-state index in [2.05, 4.69) is 5.32 Å². The van der Waals surface area contributed by atoms with Crippen LogP contribution in [-0.4, -0.2) is 32.7 Å². The molecule has 0 unspecified atom stereocenters. The van der Waals surface area contributed by atoms with Gasteiger partial charge in [-0.3, -0.25) is 4.79 Å². The highest BCUT2D eigenvalue weighted by Gasteiger charge is 2.07. The Morgan fingerprint density at radius 1 is 1.32 bits per heavy atom. The molecule has 0 aromatic heterocycles. The molecule has 3 N–H and O–H groups in total. The van der Waals surface area contributed by atoms with Gasteiger partial charge in [0.25, 0.3) is 0 Å². The molecule has 0 bridgehead atoms. The van der Waals surface area contributed by atoms with Crippen molar-refractivity contribution in [3.63, 3.8) is 0 Å². The lowest BCUT2D eigenvalue weighted by Crippen LogP contribution is -2.39. The number of methoxy groups -OCH3 is 2. The van der Waals surface area contributed by atoms with Crippen molar-refractivity contribution in [3.05, 3.63) is 23.8 Å². The van der Waals surface area contributed by atoms with Crippen molar-refractivity contribution in [2.24, 2.45) is 5.73 Å². The quantitative estimate of drug-likeness (QED) is 0.823. The normalized spacial score (nSPS) is 11.2. The van der Waals surface area contributed by atoms with Gasteiger partial charge in [-0.15, -0.1) is 12.4 Å². The van der Waals surface area contributed by atoms with E-state index in [1.54, 1.807) is 21.1 Å². The van der Waals surface area contributed by atoms with Crippen molar-refractivity contribution in [1.29, 1.82) is 0 Å². The summed E-state index contributed by atoms with van der Waals surface area (Å²) in [6, 6.07) is 5.22. The maximum absolute atomic E-state index is 11.3. The highest BCUT2D eigenvalue weighted by atomic mass is 35.5. The Balaban J connectivity index is 0.00000324. The Morgan fingerprint density at radius 3 is 2.47 bits per heavy atom. The molecule has 0 fully saturated rings. The number of rotatable bonds is 6. The fourth-order valence-electron chi connectivity index (χ4n) is 1.53. The Bertz CT molecular complexity index is 411. The molecule has 6 heteroatoms. The summed E-state index contributed by atoms with van der Waals surface area (Å²) in [5.41, 5.74) is 6.52. The van der Waals surface area contributed by atoms with E-state index in [0.717, 1.165) is 12.0 Å². The van der Waals surface area contributed by atoms with Crippen LogP contribution in [0.25, 0.3) is 0 Å². The predicted molar refractivity (Wildman–Crippen MR) is 77.2 cm³/mol. The average molecular weight is 289 g/mol. The maximum atomic E-state index is 11.3. The predicted octanol–water partition coefficient (Wildman–Crippen LogP) is 1.13. The molecule has 1 aromatic carbocycles. The van der Waals surface area contributed by atoms with Crippen molar-refractivity contribution in [2.45, 2.75) is 19.4 Å². The molecule has 108 valence electrons. The third kappa shape index (κ3) is 5.36. The van der Waals surface area contributed by atoms with Gasteiger partial charge in [0.05, 0.1) is 20.3 Å². The second-order valence-electron chi connectivity index (χ2n) is 4.02. The van der Waals surface area contributed by atoms with Crippen LogP contribution >= 0.6 is 12.4 Å². The second kappa shape index (κ2) is 8.61. The zero-order valence-electron chi connectivity index (χ0n) is 11.4. The summed E-state index contributed by atoms with van der Waals surface area (Å²) < 4.78 is 10.4. The minimum absolute atomic E-state index is 0. The first kappa shape index (κ1) is 17.5. The number of hydrogen-bond acceptors (Lipinski definition) is 4. The molecule has 5 nitrogen and oxygen atoms in total. The standard InChI is InChI=1S/C13H20N2O3.ClH/c1-9(14)13(16)15-7-6-10-4-5-11(17-2)12(8-10)18-3;/h4-5,8-9H,6-7,14H2,1-3H3,(H,15,16);1H/t9-;/m1./s1. The molecule has 0 heterocycles. The van der Waals surface area contributed by atoms with Gasteiger partial charge >= 0.3 is 0 Å². The molecule has 19 heavy (non-hydrogen) atoms. The lowest BCUT2D eigenvalue weighted by atomic mass is 10.1. The first-order valence-corrected chi connectivity index (χ1v) is 5.82. The number of amides is 1. The third-order valence-electron chi connectivity index (χ3n) is 2.57. The fourth-order valence-corrected chi connectivity index (χ4v) is 1.53. The van der Waals surface area contributed by atoms with Crippen LogP contribution in [0, 0.1) is 0 Å². The molecule has 0 aliphatic rings. The van der Waals surface area contributed by atoms with Gasteiger partial charge in [0, 0.05) is 6.54 Å². The molecule has 0 aliphatic heterocycles. The van der Waals surface area contributed by atoms with E-state index < -0.39 is 6.04 Å². The Kier molecular flexibility index (Phi) is 7.95. The van der Waals surface area contributed by atoms with E-state index in [-0.39, 0.29) is 18.3 Å². The average Bonchev–Trinajstić information content (AvgIpc) is 2.38. The second-order valence-corrected chi connectivity index (χ2v) is 4.02. The molecule has 0 saturated heterocycles. The largest absolute Gasteiger partial charge is 0.493 e. The highest BCUT2D eigenvalue weighted by Crippen LogP contribution is 2.27. The molecule has 1 amide bonds. The monoisotopic (exact) mass is 288 g/mol. The summed E-state index contributed by atoms with van der Waals surface area (Å²) in [5.74, 6) is 1.24. The van der Waals surface area contributed by atoms with Crippen LogP contribution < -0.4 is 20.5 Å². The summed E-state index contributed by atoms with van der Waals surface area (Å²) in [6.07, 6.45) is 0.721. The maximum Gasteiger partial charge on any atom is 0.236 e. The van der Waals surface area contributed by atoms with Gasteiger partial charge in [0.15, 0.2) is 11.5 Å². The van der Waals surface area contributed by atoms with Crippen molar-refractivity contribution in [3.8, 4) is 11.5 Å². The van der Waals surface area contributed by atoms with Gasteiger partial charge in [-0.05, 0) is 31.0 Å². The topological polar surface area (TPSA) is 73.6 Å². The lowest BCUT2D eigenvalue weighted by Gasteiger charge is -2.10. The molecule has 1 aromatic rings. The number of nitrogens with two attached hydrogens (primary N) is 1. The first-order valence-electron chi connectivity index (χ1n) is 5.82. The van der Waals surface area contributed by atoms with Crippen molar-refractivity contribution in [2.75, 3.05) is 20.8 Å². The molecule has 1 atom stereocenters. The number of nitrogens with one attached hydrogen (secondary N) is 1. The molecule has 1 rings (SSSR count). The summed E-state index contributed by atoms with van der Waals surface area (Å²) >= 11 is 0. The highest BCUT2D eigenvalue weighted by molar-refractivity contribution is 5.85. The number of carbonyl (C=O) groups excluding carboxylic acids is 1. The summed E-state index contributed by atoms with van der Waals surface area (Å²) in [5, 5.41) is 2.76. The number of benzene rings is 1. The van der Waals surface area contributed by atoms with Gasteiger partial charge < -0.3 is 20.5 Å². The number of halogens is 1. The van der Waals surface area contributed by atoms with E-state index in [4.69, 9.17) is 15.2 Å². The SMILES string of the molecule is COc1ccc(CCNC(=O)[C@@H](C)N)cc1OC.Cl. The van der Waals surface area contributed by atoms with E-state index >= 15 is 0 Å². The molecule has 0 aliphatic carbocycles. The number of carbonyl (C=O) groups is 1. The molecule has 0 radical (unpaired) electrons. The van der Waals surface area contributed by atoms with Crippen LogP contribution in [-0.2, 0) is 11.2 Å². The first-order chi connectivity index (χ1) is 8.58. The number of ether oxygens (including phenoxy) is 2. The van der Waals surface area contributed by atoms with Crippen LogP contribution in [0.3, 0.4) is 0 Å². The Morgan fingerprint density at radius 2 is 1.95 bits per heavy atom. The molecular formula is C13H21ClN2O3. The minimum Gasteiger partial charge on any atom is -0.493 e. The molecule has 0 spiro atoms. The summed E-state index contributed by atoms with van der Waals surface area (Å²) in [6.45, 7) is 2.21. The van der Waals surface area contributed by atoms with Gasteiger partial charge in [0.2, 0.25) is 5.91 Å². The van der Waals surface area contributed by atoms with Crippen LogP contribution in [0.15, 0.2) is 18.2 Å².